The van der Waals surface area contributed by atoms with E-state index >= 15 is 0 Å². The molecule has 21 heavy (non-hydrogen) atoms. The van der Waals surface area contributed by atoms with Crippen molar-refractivity contribution in [1.82, 2.24) is 4.98 Å². The highest BCUT2D eigenvalue weighted by Gasteiger charge is 2.03. The summed E-state index contributed by atoms with van der Waals surface area (Å²) in [5.74, 6) is 0.572. The van der Waals surface area contributed by atoms with E-state index in [2.05, 4.69) is 15.6 Å². The minimum Gasteiger partial charge on any atom is -0.389 e. The van der Waals surface area contributed by atoms with E-state index in [0.29, 0.717) is 10.8 Å². The van der Waals surface area contributed by atoms with Crippen molar-refractivity contribution >= 4 is 40.3 Å². The first kappa shape index (κ1) is 14.9. The summed E-state index contributed by atoms with van der Waals surface area (Å²) in [5.41, 5.74) is 8.85. The molecule has 0 saturated carbocycles. The van der Waals surface area contributed by atoms with Gasteiger partial charge in [0.05, 0.1) is 0 Å². The smallest absolute Gasteiger partial charge is 0.221 e. The monoisotopic (exact) mass is 300 g/mol. The molecule has 2 rings (SSSR count). The Labute approximate surface area is 128 Å². The molecule has 0 unspecified atom stereocenters. The van der Waals surface area contributed by atoms with Crippen LogP contribution in [-0.2, 0) is 4.79 Å². The number of nitrogens with zero attached hydrogens (tertiary/aromatic N) is 1. The molecule has 0 spiro atoms. The molecule has 0 bridgehead atoms. The number of rotatable bonds is 4. The Bertz CT molecular complexity index is 683. The van der Waals surface area contributed by atoms with Gasteiger partial charge in [-0.05, 0) is 43.3 Å². The summed E-state index contributed by atoms with van der Waals surface area (Å²) in [5, 5.41) is 5.89. The van der Waals surface area contributed by atoms with Crippen LogP contribution in [0.25, 0.3) is 0 Å². The standard InChI is InChI=1S/C15H16N4OS/c1-9-7-11(15(16)21)8-14(17-9)19-13-5-3-12(4-6-13)18-10(2)20/h3-8H,1-2H3,(H2,16,21)(H,17,19)(H,18,20). The zero-order valence-electron chi connectivity index (χ0n) is 11.8. The lowest BCUT2D eigenvalue weighted by molar-refractivity contribution is -0.114. The topological polar surface area (TPSA) is 80.0 Å². The number of anilines is 3. The molecule has 0 atom stereocenters. The Hall–Kier alpha value is -2.47. The van der Waals surface area contributed by atoms with Crippen LogP contribution in [0.15, 0.2) is 36.4 Å². The summed E-state index contributed by atoms with van der Waals surface area (Å²) in [7, 11) is 0. The molecule has 0 aliphatic heterocycles. The highest BCUT2D eigenvalue weighted by Crippen LogP contribution is 2.19. The van der Waals surface area contributed by atoms with Crippen molar-refractivity contribution in [3.63, 3.8) is 0 Å². The first-order valence-corrected chi connectivity index (χ1v) is 6.78. The van der Waals surface area contributed by atoms with Gasteiger partial charge in [0.2, 0.25) is 5.91 Å². The lowest BCUT2D eigenvalue weighted by Crippen LogP contribution is -2.10. The van der Waals surface area contributed by atoms with Crippen molar-refractivity contribution in [2.24, 2.45) is 5.73 Å². The van der Waals surface area contributed by atoms with E-state index in [1.807, 2.05) is 37.3 Å². The molecule has 0 aliphatic rings. The summed E-state index contributed by atoms with van der Waals surface area (Å²) in [6, 6.07) is 11.0. The van der Waals surface area contributed by atoms with Gasteiger partial charge >= 0.3 is 0 Å². The van der Waals surface area contributed by atoms with Gasteiger partial charge < -0.3 is 16.4 Å². The fourth-order valence-electron chi connectivity index (χ4n) is 1.86. The van der Waals surface area contributed by atoms with Crippen molar-refractivity contribution in [3.05, 3.63) is 47.7 Å². The summed E-state index contributed by atoms with van der Waals surface area (Å²) >= 11 is 4.99. The molecular formula is C15H16N4OS. The molecular weight excluding hydrogens is 284 g/mol. The van der Waals surface area contributed by atoms with Crippen LogP contribution in [0.5, 0.6) is 0 Å². The quantitative estimate of drug-likeness (QED) is 0.757. The fourth-order valence-corrected chi connectivity index (χ4v) is 1.98. The lowest BCUT2D eigenvalue weighted by atomic mass is 10.2. The average Bonchev–Trinajstić information content (AvgIpc) is 2.39. The Morgan fingerprint density at radius 1 is 1.19 bits per heavy atom. The van der Waals surface area contributed by atoms with Crippen LogP contribution < -0.4 is 16.4 Å². The molecule has 5 nitrogen and oxygen atoms in total. The Kier molecular flexibility index (Phi) is 4.49. The zero-order valence-corrected chi connectivity index (χ0v) is 12.6. The number of benzene rings is 1. The Balaban J connectivity index is 2.18. The molecule has 2 aromatic rings. The average molecular weight is 300 g/mol. The SMILES string of the molecule is CC(=O)Nc1ccc(Nc2cc(C(N)=S)cc(C)n2)cc1. The van der Waals surface area contributed by atoms with Gasteiger partial charge in [-0.2, -0.15) is 0 Å². The predicted octanol–water partition coefficient (Wildman–Crippen LogP) is 2.73. The number of thiocarbonyl (C=S) groups is 1. The fraction of sp³-hybridized carbons (Fsp3) is 0.133. The van der Waals surface area contributed by atoms with Crippen LogP contribution in [0.4, 0.5) is 17.2 Å². The first-order valence-electron chi connectivity index (χ1n) is 6.37. The largest absolute Gasteiger partial charge is 0.389 e. The number of hydrogen-bond donors (Lipinski definition) is 3. The van der Waals surface area contributed by atoms with Crippen LogP contribution in [0.3, 0.4) is 0 Å². The summed E-state index contributed by atoms with van der Waals surface area (Å²) < 4.78 is 0. The maximum atomic E-state index is 11.0. The van der Waals surface area contributed by atoms with Gasteiger partial charge in [-0.25, -0.2) is 4.98 Å². The number of carbonyl (C=O) groups excluding carboxylic acids is 1. The third-order valence-corrected chi connectivity index (χ3v) is 2.95. The molecule has 108 valence electrons. The highest BCUT2D eigenvalue weighted by molar-refractivity contribution is 7.80. The number of aryl methyl sites for hydroxylation is 1. The second-order valence-electron chi connectivity index (χ2n) is 4.63. The van der Waals surface area contributed by atoms with Crippen LogP contribution in [0, 0.1) is 6.92 Å². The number of nitrogens with two attached hydrogens (primary N) is 1. The van der Waals surface area contributed by atoms with Gasteiger partial charge in [0, 0.05) is 29.6 Å². The summed E-state index contributed by atoms with van der Waals surface area (Å²) in [4.78, 5) is 15.7. The van der Waals surface area contributed by atoms with Crippen molar-refractivity contribution in [2.75, 3.05) is 10.6 Å². The van der Waals surface area contributed by atoms with Crippen molar-refractivity contribution in [1.29, 1.82) is 0 Å². The highest BCUT2D eigenvalue weighted by atomic mass is 32.1. The number of nitrogens with one attached hydrogen (secondary N) is 2. The molecule has 0 fully saturated rings. The van der Waals surface area contributed by atoms with E-state index in [4.69, 9.17) is 18.0 Å². The van der Waals surface area contributed by atoms with E-state index < -0.39 is 0 Å². The van der Waals surface area contributed by atoms with Gasteiger partial charge in [0.25, 0.3) is 0 Å². The van der Waals surface area contributed by atoms with Crippen molar-refractivity contribution < 1.29 is 4.79 Å². The molecule has 6 heteroatoms. The number of amides is 1. The van der Waals surface area contributed by atoms with Crippen molar-refractivity contribution in [3.8, 4) is 0 Å². The van der Waals surface area contributed by atoms with Gasteiger partial charge in [-0.1, -0.05) is 12.2 Å². The lowest BCUT2D eigenvalue weighted by Gasteiger charge is -2.09. The van der Waals surface area contributed by atoms with E-state index in [9.17, 15) is 4.79 Å². The van der Waals surface area contributed by atoms with Crippen LogP contribution in [0.1, 0.15) is 18.2 Å². The third kappa shape index (κ3) is 4.25. The van der Waals surface area contributed by atoms with Gasteiger partial charge in [-0.15, -0.1) is 0 Å². The normalized spacial score (nSPS) is 10.0. The predicted molar refractivity (Wildman–Crippen MR) is 88.9 cm³/mol. The molecule has 1 aromatic carbocycles. The van der Waals surface area contributed by atoms with E-state index in [1.54, 1.807) is 6.07 Å². The maximum absolute atomic E-state index is 11.0. The van der Waals surface area contributed by atoms with E-state index in [-0.39, 0.29) is 5.91 Å². The van der Waals surface area contributed by atoms with Gasteiger partial charge in [0.1, 0.15) is 10.8 Å². The van der Waals surface area contributed by atoms with Crippen LogP contribution in [0.2, 0.25) is 0 Å². The summed E-state index contributed by atoms with van der Waals surface area (Å²) in [6.45, 7) is 3.35. The van der Waals surface area contributed by atoms with Gasteiger partial charge in [0.15, 0.2) is 0 Å². The zero-order chi connectivity index (χ0) is 15.4. The van der Waals surface area contributed by atoms with Crippen LogP contribution in [-0.4, -0.2) is 15.9 Å². The van der Waals surface area contributed by atoms with E-state index in [1.165, 1.54) is 6.92 Å². The maximum Gasteiger partial charge on any atom is 0.221 e. The number of carbonyl (C=O) groups is 1. The molecule has 1 amide bonds. The molecule has 1 aromatic heterocycles. The second kappa shape index (κ2) is 6.32. The van der Waals surface area contributed by atoms with Crippen LogP contribution >= 0.6 is 12.2 Å². The third-order valence-electron chi connectivity index (χ3n) is 2.72. The van der Waals surface area contributed by atoms with E-state index in [0.717, 1.165) is 22.6 Å². The summed E-state index contributed by atoms with van der Waals surface area (Å²) in [6.07, 6.45) is 0. The molecule has 0 saturated heterocycles. The number of pyridine rings is 1. The number of hydrogen-bond acceptors (Lipinski definition) is 4. The molecule has 0 radical (unpaired) electrons. The molecule has 1 heterocycles. The van der Waals surface area contributed by atoms with Gasteiger partial charge in [-0.3, -0.25) is 4.79 Å². The number of aromatic nitrogens is 1. The molecule has 4 N–H and O–H groups in total. The molecule has 0 aliphatic carbocycles. The Morgan fingerprint density at radius 3 is 2.38 bits per heavy atom. The minimum atomic E-state index is -0.0999. The Morgan fingerprint density at radius 2 is 1.81 bits per heavy atom. The second-order valence-corrected chi connectivity index (χ2v) is 5.07. The van der Waals surface area contributed by atoms with Crippen molar-refractivity contribution in [2.45, 2.75) is 13.8 Å². The minimum absolute atomic E-state index is 0.0999. The first-order chi connectivity index (χ1) is 9.94.